The summed E-state index contributed by atoms with van der Waals surface area (Å²) < 4.78 is 0. The van der Waals surface area contributed by atoms with Crippen LogP contribution >= 0.6 is 0 Å². The van der Waals surface area contributed by atoms with Crippen LogP contribution in [0.2, 0.25) is 0 Å². The highest BCUT2D eigenvalue weighted by Crippen LogP contribution is 2.46. The number of amides is 1. The summed E-state index contributed by atoms with van der Waals surface area (Å²) in [6, 6.07) is 0.150. The third-order valence-electron chi connectivity index (χ3n) is 3.34. The van der Waals surface area contributed by atoms with Crippen LogP contribution in [0.5, 0.6) is 0 Å². The average Bonchev–Trinajstić information content (AvgIpc) is 3.05. The second kappa shape index (κ2) is 4.72. The van der Waals surface area contributed by atoms with Gasteiger partial charge in [0.25, 0.3) is 0 Å². The Kier molecular flexibility index (Phi) is 3.78. The van der Waals surface area contributed by atoms with Gasteiger partial charge < -0.3 is 16.3 Å². The molecule has 0 radical (unpaired) electrons. The van der Waals surface area contributed by atoms with Crippen molar-refractivity contribution in [2.24, 2.45) is 22.2 Å². The van der Waals surface area contributed by atoms with Crippen molar-refractivity contribution in [1.82, 2.24) is 5.32 Å². The summed E-state index contributed by atoms with van der Waals surface area (Å²) >= 11 is 0. The highest BCUT2D eigenvalue weighted by molar-refractivity contribution is 6.09. The summed E-state index contributed by atoms with van der Waals surface area (Å²) in [6.07, 6.45) is 2.22. The van der Waals surface area contributed by atoms with E-state index in [4.69, 9.17) is 10.9 Å². The van der Waals surface area contributed by atoms with Crippen molar-refractivity contribution in [1.29, 1.82) is 0 Å². The van der Waals surface area contributed by atoms with Gasteiger partial charge in [-0.3, -0.25) is 4.79 Å². The van der Waals surface area contributed by atoms with Gasteiger partial charge in [0.2, 0.25) is 5.91 Å². The van der Waals surface area contributed by atoms with Gasteiger partial charge in [0.05, 0.1) is 0 Å². The minimum absolute atomic E-state index is 0.0311. The SMILES string of the molecule is CCC(NC(=O)C1(C(N)=NO)CC1)C(C)C. The van der Waals surface area contributed by atoms with Gasteiger partial charge >= 0.3 is 0 Å². The van der Waals surface area contributed by atoms with E-state index in [-0.39, 0.29) is 17.8 Å². The standard InChI is InChI=1S/C11H21N3O2/c1-4-8(7(2)3)13-10(15)11(5-6-11)9(12)14-16/h7-8,16H,4-6H2,1-3H3,(H2,12,14)(H,13,15). The molecule has 1 atom stereocenters. The second-order valence-electron chi connectivity index (χ2n) is 4.80. The Morgan fingerprint density at radius 3 is 2.44 bits per heavy atom. The van der Waals surface area contributed by atoms with Crippen LogP contribution < -0.4 is 11.1 Å². The summed E-state index contributed by atoms with van der Waals surface area (Å²) in [5.41, 5.74) is 4.81. The highest BCUT2D eigenvalue weighted by Gasteiger charge is 2.54. The molecule has 1 unspecified atom stereocenters. The predicted octanol–water partition coefficient (Wildman–Crippen LogP) is 1.06. The van der Waals surface area contributed by atoms with Gasteiger partial charge in [-0.15, -0.1) is 0 Å². The lowest BCUT2D eigenvalue weighted by molar-refractivity contribution is -0.125. The third kappa shape index (κ3) is 2.28. The van der Waals surface area contributed by atoms with Gasteiger partial charge in [-0.05, 0) is 25.2 Å². The largest absolute Gasteiger partial charge is 0.409 e. The quantitative estimate of drug-likeness (QED) is 0.284. The topological polar surface area (TPSA) is 87.7 Å². The van der Waals surface area contributed by atoms with Gasteiger partial charge in [-0.1, -0.05) is 25.9 Å². The molecular formula is C11H21N3O2. The molecule has 0 aromatic carbocycles. The van der Waals surface area contributed by atoms with Crippen molar-refractivity contribution in [3.05, 3.63) is 0 Å². The number of nitrogens with two attached hydrogens (primary N) is 1. The monoisotopic (exact) mass is 227 g/mol. The highest BCUT2D eigenvalue weighted by atomic mass is 16.4. The number of oxime groups is 1. The zero-order chi connectivity index (χ0) is 12.3. The smallest absolute Gasteiger partial charge is 0.234 e. The molecule has 0 bridgehead atoms. The van der Waals surface area contributed by atoms with Crippen molar-refractivity contribution < 1.29 is 10.0 Å². The van der Waals surface area contributed by atoms with Crippen LogP contribution in [-0.2, 0) is 4.79 Å². The number of nitrogens with one attached hydrogen (secondary N) is 1. The molecule has 0 spiro atoms. The van der Waals surface area contributed by atoms with E-state index in [0.717, 1.165) is 6.42 Å². The van der Waals surface area contributed by atoms with E-state index in [1.807, 2.05) is 6.92 Å². The molecule has 16 heavy (non-hydrogen) atoms. The number of carbonyl (C=O) groups is 1. The van der Waals surface area contributed by atoms with Gasteiger partial charge in [-0.2, -0.15) is 0 Å². The third-order valence-corrected chi connectivity index (χ3v) is 3.34. The normalized spacial score (nSPS) is 20.6. The Morgan fingerprint density at radius 1 is 1.56 bits per heavy atom. The summed E-state index contributed by atoms with van der Waals surface area (Å²) in [5, 5.41) is 14.6. The van der Waals surface area contributed by atoms with E-state index >= 15 is 0 Å². The minimum atomic E-state index is -0.739. The fraction of sp³-hybridized carbons (Fsp3) is 0.818. The lowest BCUT2D eigenvalue weighted by Gasteiger charge is -2.23. The van der Waals surface area contributed by atoms with Crippen LogP contribution in [0.25, 0.3) is 0 Å². The maximum atomic E-state index is 12.0. The number of rotatable bonds is 5. The van der Waals surface area contributed by atoms with Crippen LogP contribution in [0, 0.1) is 11.3 Å². The first kappa shape index (κ1) is 12.8. The molecule has 0 saturated heterocycles. The molecule has 1 saturated carbocycles. The zero-order valence-corrected chi connectivity index (χ0v) is 10.2. The molecule has 1 aliphatic rings. The Hall–Kier alpha value is -1.26. The van der Waals surface area contributed by atoms with E-state index in [1.54, 1.807) is 0 Å². The van der Waals surface area contributed by atoms with Crippen LogP contribution in [-0.4, -0.2) is 23.0 Å². The first-order chi connectivity index (χ1) is 7.47. The second-order valence-corrected chi connectivity index (χ2v) is 4.80. The fourth-order valence-corrected chi connectivity index (χ4v) is 1.87. The number of hydrogen-bond acceptors (Lipinski definition) is 3. The molecule has 0 aliphatic heterocycles. The molecule has 1 aliphatic carbocycles. The molecule has 1 fully saturated rings. The van der Waals surface area contributed by atoms with E-state index in [9.17, 15) is 4.79 Å². The Labute approximate surface area is 96.1 Å². The zero-order valence-electron chi connectivity index (χ0n) is 10.2. The summed E-state index contributed by atoms with van der Waals surface area (Å²) in [5.74, 6) is 0.309. The minimum Gasteiger partial charge on any atom is -0.409 e. The lowest BCUT2D eigenvalue weighted by atomic mass is 9.99. The van der Waals surface area contributed by atoms with Gasteiger partial charge in [0, 0.05) is 6.04 Å². The lowest BCUT2D eigenvalue weighted by Crippen LogP contribution is -2.46. The predicted molar refractivity (Wildman–Crippen MR) is 62.1 cm³/mol. The van der Waals surface area contributed by atoms with Crippen molar-refractivity contribution >= 4 is 11.7 Å². The molecule has 5 nitrogen and oxygen atoms in total. The molecule has 0 heterocycles. The Morgan fingerprint density at radius 2 is 2.12 bits per heavy atom. The number of carbonyl (C=O) groups excluding carboxylic acids is 1. The van der Waals surface area contributed by atoms with Crippen molar-refractivity contribution in [3.8, 4) is 0 Å². The van der Waals surface area contributed by atoms with E-state index in [0.29, 0.717) is 18.8 Å². The van der Waals surface area contributed by atoms with Crippen molar-refractivity contribution in [2.75, 3.05) is 0 Å². The molecule has 92 valence electrons. The first-order valence-electron chi connectivity index (χ1n) is 5.77. The molecule has 4 N–H and O–H groups in total. The molecule has 5 heteroatoms. The van der Waals surface area contributed by atoms with Gasteiger partial charge in [-0.25, -0.2) is 0 Å². The van der Waals surface area contributed by atoms with Crippen molar-refractivity contribution in [3.63, 3.8) is 0 Å². The Balaban J connectivity index is 2.66. The number of hydrogen-bond donors (Lipinski definition) is 3. The maximum Gasteiger partial charge on any atom is 0.234 e. The maximum absolute atomic E-state index is 12.0. The van der Waals surface area contributed by atoms with E-state index in [1.165, 1.54) is 0 Å². The van der Waals surface area contributed by atoms with Crippen LogP contribution in [0.4, 0.5) is 0 Å². The van der Waals surface area contributed by atoms with Crippen LogP contribution in [0.3, 0.4) is 0 Å². The molecule has 1 rings (SSSR count). The van der Waals surface area contributed by atoms with Gasteiger partial charge in [0.15, 0.2) is 5.84 Å². The summed E-state index contributed by atoms with van der Waals surface area (Å²) in [4.78, 5) is 12.0. The summed E-state index contributed by atoms with van der Waals surface area (Å²) in [7, 11) is 0. The molecule has 1 amide bonds. The molecule has 0 aromatic heterocycles. The van der Waals surface area contributed by atoms with E-state index < -0.39 is 5.41 Å². The van der Waals surface area contributed by atoms with E-state index in [2.05, 4.69) is 24.3 Å². The average molecular weight is 227 g/mol. The molecular weight excluding hydrogens is 206 g/mol. The Bertz CT molecular complexity index is 296. The number of amidine groups is 1. The number of nitrogens with zero attached hydrogens (tertiary/aromatic N) is 1. The fourth-order valence-electron chi connectivity index (χ4n) is 1.87. The summed E-state index contributed by atoms with van der Waals surface area (Å²) in [6.45, 7) is 6.17. The van der Waals surface area contributed by atoms with Crippen molar-refractivity contribution in [2.45, 2.75) is 46.1 Å². The van der Waals surface area contributed by atoms with Crippen LogP contribution in [0.1, 0.15) is 40.0 Å². The van der Waals surface area contributed by atoms with Crippen LogP contribution in [0.15, 0.2) is 5.16 Å². The first-order valence-corrected chi connectivity index (χ1v) is 5.77. The van der Waals surface area contributed by atoms with Gasteiger partial charge in [0.1, 0.15) is 5.41 Å². The molecule has 0 aromatic rings.